The van der Waals surface area contributed by atoms with Crippen molar-refractivity contribution in [1.82, 2.24) is 0 Å². The molecule has 0 spiro atoms. The van der Waals surface area contributed by atoms with E-state index < -0.39 is 6.42 Å². The van der Waals surface area contributed by atoms with Gasteiger partial charge in [0.05, 0.1) is 0 Å². The lowest BCUT2D eigenvalue weighted by atomic mass is 9.42. The molecule has 1 rings (SSSR count). The molecule has 0 aliphatic rings. The Hall–Kier alpha value is -0.825. The zero-order chi connectivity index (χ0) is 10.1. The van der Waals surface area contributed by atoms with Crippen LogP contribution in [-0.2, 0) is 0 Å². The number of benzene rings is 1. The summed E-state index contributed by atoms with van der Waals surface area (Å²) in [6.07, 6.45) is -1.92. The third-order valence-corrected chi connectivity index (χ3v) is 2.22. The molecular formula is C10H16BFN. The van der Waals surface area contributed by atoms with Gasteiger partial charge in [0.2, 0.25) is 0 Å². The van der Waals surface area contributed by atoms with Crippen molar-refractivity contribution in [2.45, 2.75) is 20.6 Å². The average molecular weight is 180 g/mol. The summed E-state index contributed by atoms with van der Waals surface area (Å²) in [5.74, 6) is 0. The molecular weight excluding hydrogens is 164 g/mol. The monoisotopic (exact) mass is 180 g/mol. The minimum atomic E-state index is -1.92. The number of halogens is 1. The fraction of sp³-hybridized carbons (Fsp3) is 0.400. The largest absolute Gasteiger partial charge is 0.511 e. The van der Waals surface area contributed by atoms with Gasteiger partial charge in [-0.1, -0.05) is 17.7 Å². The van der Waals surface area contributed by atoms with E-state index in [1.54, 1.807) is 13.6 Å². The predicted octanol–water partition coefficient (Wildman–Crippen LogP) is 0.987. The van der Waals surface area contributed by atoms with Crippen molar-refractivity contribution >= 4 is 17.6 Å². The van der Waals surface area contributed by atoms with E-state index in [-0.39, 0.29) is 0 Å². The molecule has 0 heterocycles. The number of hydrogen-bond donors (Lipinski definition) is 1. The second kappa shape index (κ2) is 3.50. The summed E-state index contributed by atoms with van der Waals surface area (Å²) in [6.45, 7) is 5.25. The molecule has 0 unspecified atom stereocenters. The van der Waals surface area contributed by atoms with E-state index in [0.717, 1.165) is 16.7 Å². The van der Waals surface area contributed by atoms with E-state index in [1.807, 2.05) is 32.2 Å². The Morgan fingerprint density at radius 3 is 2.38 bits per heavy atom. The molecule has 1 aromatic rings. The second-order valence-corrected chi connectivity index (χ2v) is 4.04. The van der Waals surface area contributed by atoms with Crippen molar-refractivity contribution in [2.75, 3.05) is 7.05 Å². The Kier molecular flexibility index (Phi) is 2.76. The Balaban J connectivity index is 3.24. The Labute approximate surface area is 79.3 Å². The minimum absolute atomic E-state index is 0.780. The van der Waals surface area contributed by atoms with Crippen LogP contribution in [0.3, 0.4) is 0 Å². The maximum absolute atomic E-state index is 13.8. The second-order valence-electron chi connectivity index (χ2n) is 4.04. The number of hydrogen-bond acceptors (Lipinski definition) is 1. The van der Waals surface area contributed by atoms with Gasteiger partial charge in [-0.2, -0.15) is 19.0 Å². The first-order chi connectivity index (χ1) is 5.95. The van der Waals surface area contributed by atoms with Crippen LogP contribution in [-0.4, -0.2) is 13.5 Å². The van der Waals surface area contributed by atoms with Crippen LogP contribution in [0.5, 0.6) is 0 Å². The van der Waals surface area contributed by atoms with Crippen LogP contribution in [0.25, 0.3) is 0 Å². The van der Waals surface area contributed by atoms with E-state index in [4.69, 9.17) is 0 Å². The quantitative estimate of drug-likeness (QED) is 0.653. The molecule has 0 saturated carbocycles. The maximum Gasteiger partial charge on any atom is 0.183 e. The van der Waals surface area contributed by atoms with Crippen LogP contribution >= 0.6 is 0 Å². The third-order valence-electron chi connectivity index (χ3n) is 2.22. The molecule has 1 aromatic carbocycles. The molecule has 3 heteroatoms. The van der Waals surface area contributed by atoms with Crippen molar-refractivity contribution < 1.29 is 9.63 Å². The number of nitrogens with one attached hydrogen (secondary N) is 1. The summed E-state index contributed by atoms with van der Waals surface area (Å²) < 4.78 is 13.8. The zero-order valence-electron chi connectivity index (χ0n) is 8.69. The lowest BCUT2D eigenvalue weighted by Gasteiger charge is -2.22. The van der Waals surface area contributed by atoms with Crippen molar-refractivity contribution in [3.05, 3.63) is 23.8 Å². The summed E-state index contributed by atoms with van der Waals surface area (Å²) in [6, 6.07) is 5.82. The standard InChI is InChI=1S/C10H16BFN/c1-8-5-6-10(13-4)9(7-8)11(2,3)12/h5-7,13H,1-4H3. The Bertz CT molecular complexity index is 304. The van der Waals surface area contributed by atoms with Crippen molar-refractivity contribution in [2.24, 2.45) is 0 Å². The highest BCUT2D eigenvalue weighted by atomic mass is 19.1. The van der Waals surface area contributed by atoms with Gasteiger partial charge in [0, 0.05) is 6.07 Å². The van der Waals surface area contributed by atoms with Gasteiger partial charge >= 0.3 is 0 Å². The van der Waals surface area contributed by atoms with E-state index in [1.165, 1.54) is 0 Å². The fourth-order valence-electron chi connectivity index (χ4n) is 1.48. The lowest BCUT2D eigenvalue weighted by Crippen LogP contribution is -2.75. The number of anilines is 1. The Morgan fingerprint density at radius 2 is 1.92 bits per heavy atom. The van der Waals surface area contributed by atoms with E-state index in [0.29, 0.717) is 0 Å². The molecule has 1 N–H and O–H groups in total. The smallest absolute Gasteiger partial charge is 0.183 e. The van der Waals surface area contributed by atoms with Gasteiger partial charge < -0.3 is 4.32 Å². The lowest BCUT2D eigenvalue weighted by molar-refractivity contribution is -0.538. The third kappa shape index (κ3) is 2.31. The molecule has 0 atom stereocenters. The molecule has 0 saturated heterocycles. The van der Waals surface area contributed by atoms with Gasteiger partial charge in [-0.05, 0) is 6.92 Å². The van der Waals surface area contributed by atoms with Gasteiger partial charge in [-0.3, -0.25) is 0 Å². The minimum Gasteiger partial charge on any atom is -0.511 e. The molecule has 0 aliphatic carbocycles. The van der Waals surface area contributed by atoms with Gasteiger partial charge in [0.15, 0.2) is 6.42 Å². The highest BCUT2D eigenvalue weighted by Crippen LogP contribution is 2.10. The van der Waals surface area contributed by atoms with Crippen LogP contribution in [0, 0.1) is 6.92 Å². The SMILES string of the molecule is C[NH+]c1ccc(C)cc1[B-](C)(C)F. The van der Waals surface area contributed by atoms with Crippen LogP contribution in [0.2, 0.25) is 13.6 Å². The zero-order valence-corrected chi connectivity index (χ0v) is 8.69. The van der Waals surface area contributed by atoms with Gasteiger partial charge in [0.1, 0.15) is 12.7 Å². The van der Waals surface area contributed by atoms with E-state index in [2.05, 4.69) is 5.32 Å². The molecule has 0 amide bonds. The fourth-order valence-corrected chi connectivity index (χ4v) is 1.48. The molecule has 13 heavy (non-hydrogen) atoms. The van der Waals surface area contributed by atoms with Crippen molar-refractivity contribution in [3.63, 3.8) is 0 Å². The molecule has 1 nitrogen and oxygen atoms in total. The van der Waals surface area contributed by atoms with Crippen LogP contribution in [0.1, 0.15) is 5.56 Å². The van der Waals surface area contributed by atoms with Crippen LogP contribution in [0.4, 0.5) is 10.0 Å². The molecule has 1 radical (unpaired) electrons. The first kappa shape index (κ1) is 10.3. The summed E-state index contributed by atoms with van der Waals surface area (Å²) >= 11 is 0. The van der Waals surface area contributed by atoms with Crippen LogP contribution < -0.4 is 10.8 Å². The number of rotatable bonds is 2. The molecule has 0 aliphatic heterocycles. The molecule has 0 fully saturated rings. The average Bonchev–Trinajstić information content (AvgIpc) is 2.03. The normalized spacial score (nSPS) is 11.8. The first-order valence-electron chi connectivity index (χ1n) is 4.65. The maximum atomic E-state index is 13.8. The Morgan fingerprint density at radius 1 is 1.31 bits per heavy atom. The van der Waals surface area contributed by atoms with E-state index in [9.17, 15) is 4.32 Å². The highest BCUT2D eigenvalue weighted by Gasteiger charge is 2.19. The van der Waals surface area contributed by atoms with E-state index >= 15 is 0 Å². The molecule has 71 valence electrons. The molecule has 0 aromatic heterocycles. The van der Waals surface area contributed by atoms with Gasteiger partial charge in [-0.25, -0.2) is 0 Å². The predicted molar refractivity (Wildman–Crippen MR) is 55.9 cm³/mol. The molecule has 0 bridgehead atoms. The summed E-state index contributed by atoms with van der Waals surface area (Å²) in [7, 11) is 1.82. The summed E-state index contributed by atoms with van der Waals surface area (Å²) in [5, 5.41) is 3.00. The van der Waals surface area contributed by atoms with Gasteiger partial charge in [0.25, 0.3) is 0 Å². The van der Waals surface area contributed by atoms with Gasteiger partial charge in [-0.15, -0.1) is 5.46 Å². The van der Waals surface area contributed by atoms with Crippen molar-refractivity contribution in [1.29, 1.82) is 0 Å². The van der Waals surface area contributed by atoms with Crippen LogP contribution in [0.15, 0.2) is 18.2 Å². The summed E-state index contributed by atoms with van der Waals surface area (Å²) in [5.41, 5.74) is 2.77. The first-order valence-corrected chi connectivity index (χ1v) is 4.65. The highest BCUT2D eigenvalue weighted by molar-refractivity contribution is 6.84. The van der Waals surface area contributed by atoms with Crippen molar-refractivity contribution in [3.8, 4) is 0 Å². The number of aryl methyl sites for hydroxylation is 1. The topological polar surface area (TPSA) is 15.6 Å². The summed E-state index contributed by atoms with van der Waals surface area (Å²) in [4.78, 5) is 0.